The van der Waals surface area contributed by atoms with Crippen LogP contribution in [0.4, 0.5) is 5.69 Å². The van der Waals surface area contributed by atoms with Crippen molar-refractivity contribution in [3.05, 3.63) is 28.8 Å². The Hall–Kier alpha value is -1.92. The zero-order chi connectivity index (χ0) is 18.6. The molecule has 1 saturated heterocycles. The maximum Gasteiger partial charge on any atom is 0.258 e. The summed E-state index contributed by atoms with van der Waals surface area (Å²) in [6, 6.07) is 5.27. The van der Waals surface area contributed by atoms with Crippen molar-refractivity contribution in [2.75, 3.05) is 11.6 Å². The van der Waals surface area contributed by atoms with Crippen LogP contribution in [0.1, 0.15) is 40.2 Å². The number of hydrogen-bond donors (Lipinski definition) is 0. The second-order valence-electron chi connectivity index (χ2n) is 7.70. The van der Waals surface area contributed by atoms with E-state index >= 15 is 0 Å². The van der Waals surface area contributed by atoms with Crippen molar-refractivity contribution < 1.29 is 14.4 Å². The van der Waals surface area contributed by atoms with Gasteiger partial charge >= 0.3 is 0 Å². The molecule has 1 aromatic rings. The Morgan fingerprint density at radius 1 is 1.20 bits per heavy atom. The molecule has 25 heavy (non-hydrogen) atoms. The Morgan fingerprint density at radius 3 is 2.36 bits per heavy atom. The van der Waals surface area contributed by atoms with E-state index in [1.807, 2.05) is 34.6 Å². The highest BCUT2D eigenvalue weighted by molar-refractivity contribution is 6.31. The fourth-order valence-corrected chi connectivity index (χ4v) is 2.92. The van der Waals surface area contributed by atoms with Gasteiger partial charge in [-0.05, 0) is 52.3 Å². The fraction of sp³-hybridized carbons (Fsp3) is 0.500. The lowest BCUT2D eigenvalue weighted by atomic mass is 9.88. The van der Waals surface area contributed by atoms with Crippen LogP contribution in [0.25, 0.3) is 0 Å². The number of carbonyl (C=O) groups excluding carboxylic acids is 2. The van der Waals surface area contributed by atoms with Gasteiger partial charge in [0.05, 0.1) is 35.4 Å². The number of amides is 2. The summed E-state index contributed by atoms with van der Waals surface area (Å²) in [6.07, 6.45) is 0. The number of hydroxylamine groups is 2. The highest BCUT2D eigenvalue weighted by Gasteiger charge is 2.42. The van der Waals surface area contributed by atoms with E-state index in [4.69, 9.17) is 16.4 Å². The predicted molar refractivity (Wildman–Crippen MR) is 96.1 cm³/mol. The second kappa shape index (κ2) is 5.81. The van der Waals surface area contributed by atoms with Crippen molar-refractivity contribution in [3.8, 4) is 0 Å². The van der Waals surface area contributed by atoms with Gasteiger partial charge in [0.1, 0.15) is 0 Å². The van der Waals surface area contributed by atoms with E-state index in [0.29, 0.717) is 17.3 Å². The van der Waals surface area contributed by atoms with E-state index in [2.05, 4.69) is 5.10 Å². The van der Waals surface area contributed by atoms with Gasteiger partial charge in [-0.2, -0.15) is 10.1 Å². The molecule has 2 aliphatic rings. The average molecular weight is 364 g/mol. The van der Waals surface area contributed by atoms with Gasteiger partial charge in [0.15, 0.2) is 0 Å². The maximum absolute atomic E-state index is 12.5. The van der Waals surface area contributed by atoms with Gasteiger partial charge in [-0.15, -0.1) is 0 Å². The molecule has 0 radical (unpaired) electrons. The number of halogens is 1. The lowest BCUT2D eigenvalue weighted by Crippen LogP contribution is -2.33. The number of rotatable bonds is 3. The van der Waals surface area contributed by atoms with Crippen LogP contribution in [0.3, 0.4) is 0 Å². The smallest absolute Gasteiger partial charge is 0.258 e. The zero-order valence-corrected chi connectivity index (χ0v) is 15.8. The minimum Gasteiger partial charge on any atom is -0.272 e. The molecular weight excluding hydrogens is 342 g/mol. The van der Waals surface area contributed by atoms with Crippen molar-refractivity contribution in [1.29, 1.82) is 0 Å². The van der Waals surface area contributed by atoms with Gasteiger partial charge in [0.2, 0.25) is 0 Å². The normalized spacial score (nSPS) is 21.9. The van der Waals surface area contributed by atoms with Gasteiger partial charge < -0.3 is 0 Å². The molecule has 0 aromatic heterocycles. The average Bonchev–Trinajstić information content (AvgIpc) is 2.91. The monoisotopic (exact) mass is 363 g/mol. The van der Waals surface area contributed by atoms with Crippen LogP contribution in [0.15, 0.2) is 23.3 Å². The third kappa shape index (κ3) is 2.93. The highest BCUT2D eigenvalue weighted by Crippen LogP contribution is 2.35. The first-order valence-electron chi connectivity index (χ1n) is 8.17. The predicted octanol–water partition coefficient (Wildman–Crippen LogP) is 3.39. The Morgan fingerprint density at radius 2 is 1.88 bits per heavy atom. The quantitative estimate of drug-likeness (QED) is 0.826. The molecule has 0 aliphatic carbocycles. The molecule has 2 amide bonds. The molecule has 0 saturated carbocycles. The minimum atomic E-state index is -0.619. The molecule has 7 heteroatoms. The van der Waals surface area contributed by atoms with Crippen molar-refractivity contribution in [3.63, 3.8) is 0 Å². The molecule has 2 heterocycles. The van der Waals surface area contributed by atoms with Crippen LogP contribution in [-0.2, 0) is 21.0 Å². The summed E-state index contributed by atoms with van der Waals surface area (Å²) in [6.45, 7) is 9.86. The Balaban J connectivity index is 1.81. The van der Waals surface area contributed by atoms with E-state index in [1.165, 1.54) is 10.1 Å². The van der Waals surface area contributed by atoms with Crippen LogP contribution in [0.2, 0.25) is 5.02 Å². The van der Waals surface area contributed by atoms with Crippen molar-refractivity contribution in [2.24, 2.45) is 15.9 Å². The number of anilines is 1. The van der Waals surface area contributed by atoms with Gasteiger partial charge in [-0.1, -0.05) is 17.7 Å². The molecule has 1 fully saturated rings. The third-order valence-electron chi connectivity index (χ3n) is 4.86. The van der Waals surface area contributed by atoms with Crippen LogP contribution in [0.5, 0.6) is 0 Å². The van der Waals surface area contributed by atoms with Crippen LogP contribution in [-0.4, -0.2) is 29.2 Å². The summed E-state index contributed by atoms with van der Waals surface area (Å²) in [5.74, 6) is -0.155. The molecule has 0 unspecified atom stereocenters. The van der Waals surface area contributed by atoms with E-state index in [0.717, 1.165) is 11.3 Å². The van der Waals surface area contributed by atoms with E-state index in [1.54, 1.807) is 18.2 Å². The van der Waals surface area contributed by atoms with Gasteiger partial charge in [-0.3, -0.25) is 14.4 Å². The topological polar surface area (TPSA) is 62.2 Å². The van der Waals surface area contributed by atoms with Gasteiger partial charge in [0, 0.05) is 5.02 Å². The molecule has 0 N–H and O–H groups in total. The van der Waals surface area contributed by atoms with Crippen molar-refractivity contribution in [2.45, 2.75) is 41.2 Å². The first-order chi connectivity index (χ1) is 11.5. The molecule has 0 spiro atoms. The SMILES string of the molecule is CC1=NN(c2ccc(CN3OCC(C)(C)C3=O)c(Cl)c2)C(=O)C1(C)C. The molecule has 0 bridgehead atoms. The summed E-state index contributed by atoms with van der Waals surface area (Å²) >= 11 is 6.38. The molecule has 6 nitrogen and oxygen atoms in total. The molecule has 134 valence electrons. The second-order valence-corrected chi connectivity index (χ2v) is 8.11. The lowest BCUT2D eigenvalue weighted by molar-refractivity contribution is -0.165. The van der Waals surface area contributed by atoms with Crippen LogP contribution < -0.4 is 5.01 Å². The number of hydrogen-bond acceptors (Lipinski definition) is 4. The minimum absolute atomic E-state index is 0.0654. The Labute approximate surface area is 152 Å². The molecule has 1 aromatic carbocycles. The first-order valence-corrected chi connectivity index (χ1v) is 8.55. The molecule has 0 atom stereocenters. The van der Waals surface area contributed by atoms with Crippen molar-refractivity contribution >= 4 is 34.8 Å². The van der Waals surface area contributed by atoms with Gasteiger partial charge in [0.25, 0.3) is 11.8 Å². The lowest BCUT2D eigenvalue weighted by Gasteiger charge is -2.20. The molecule has 2 aliphatic heterocycles. The summed E-state index contributed by atoms with van der Waals surface area (Å²) in [5.41, 5.74) is 0.982. The van der Waals surface area contributed by atoms with E-state index in [9.17, 15) is 9.59 Å². The number of benzene rings is 1. The molecular formula is C18H22ClN3O3. The summed E-state index contributed by atoms with van der Waals surface area (Å²) in [4.78, 5) is 30.2. The van der Waals surface area contributed by atoms with Crippen molar-refractivity contribution in [1.82, 2.24) is 5.06 Å². The number of hydrazone groups is 1. The Kier molecular flexibility index (Phi) is 4.16. The van der Waals surface area contributed by atoms with Gasteiger partial charge in [-0.25, -0.2) is 5.06 Å². The summed E-state index contributed by atoms with van der Waals surface area (Å²) < 4.78 is 0. The summed E-state index contributed by atoms with van der Waals surface area (Å²) in [5, 5.41) is 7.53. The zero-order valence-electron chi connectivity index (χ0n) is 15.1. The Bertz CT molecular complexity index is 786. The fourth-order valence-electron chi connectivity index (χ4n) is 2.68. The van der Waals surface area contributed by atoms with Crippen LogP contribution in [0, 0.1) is 10.8 Å². The number of carbonyl (C=O) groups is 2. The summed E-state index contributed by atoms with van der Waals surface area (Å²) in [7, 11) is 0. The van der Waals surface area contributed by atoms with E-state index < -0.39 is 10.8 Å². The maximum atomic E-state index is 12.5. The highest BCUT2D eigenvalue weighted by atomic mass is 35.5. The first kappa shape index (κ1) is 17.9. The van der Waals surface area contributed by atoms with E-state index in [-0.39, 0.29) is 18.4 Å². The molecule has 3 rings (SSSR count). The largest absolute Gasteiger partial charge is 0.272 e. The third-order valence-corrected chi connectivity index (χ3v) is 5.22. The standard InChI is InChI=1S/C18H22ClN3O3/c1-11-18(4,5)16(24)22(20-11)13-7-6-12(14(19)8-13)9-21-15(23)17(2,3)10-25-21/h6-8H,9-10H2,1-5H3. The number of nitrogens with zero attached hydrogens (tertiary/aromatic N) is 3. The van der Waals surface area contributed by atoms with Crippen LogP contribution >= 0.6 is 11.6 Å².